The predicted molar refractivity (Wildman–Crippen MR) is 100 cm³/mol. The van der Waals surface area contributed by atoms with Gasteiger partial charge in [0.2, 0.25) is 0 Å². The molecule has 1 amide bonds. The molecular weight excluding hydrogens is 332 g/mol. The Morgan fingerprint density at radius 3 is 2.96 bits per heavy atom. The van der Waals surface area contributed by atoms with E-state index in [1.54, 1.807) is 36.6 Å². The molecule has 1 atom stereocenters. The first kappa shape index (κ1) is 17.5. The first-order chi connectivity index (χ1) is 12.2. The maximum Gasteiger partial charge on any atom is 0.260 e. The number of nitrogens with one attached hydrogen (secondary N) is 1. The molecule has 1 N–H and O–H groups in total. The van der Waals surface area contributed by atoms with Gasteiger partial charge in [0.25, 0.3) is 5.91 Å². The van der Waals surface area contributed by atoms with Crippen molar-refractivity contribution in [2.45, 2.75) is 39.0 Å². The summed E-state index contributed by atoms with van der Waals surface area (Å²) < 4.78 is 5.26. The van der Waals surface area contributed by atoms with E-state index in [2.05, 4.69) is 18.3 Å². The van der Waals surface area contributed by atoms with Gasteiger partial charge in [-0.3, -0.25) is 4.79 Å². The number of carbonyl (C=O) groups is 1. The topological polar surface area (TPSA) is 62.1 Å². The molecule has 130 valence electrons. The molecule has 25 heavy (non-hydrogen) atoms. The monoisotopic (exact) mass is 354 g/mol. The van der Waals surface area contributed by atoms with E-state index in [1.165, 1.54) is 17.7 Å². The summed E-state index contributed by atoms with van der Waals surface area (Å²) in [5.41, 5.74) is 2.25. The summed E-state index contributed by atoms with van der Waals surface area (Å²) >= 11 is 1.56. The Morgan fingerprint density at radius 2 is 2.24 bits per heavy atom. The third kappa shape index (κ3) is 3.54. The molecule has 1 aliphatic carbocycles. The van der Waals surface area contributed by atoms with Crippen molar-refractivity contribution in [3.63, 3.8) is 0 Å². The molecule has 2 aromatic rings. The number of hydrogen-bond donors (Lipinski definition) is 1. The number of carbonyl (C=O) groups excluding carboxylic acids is 1. The highest BCUT2D eigenvalue weighted by atomic mass is 32.1. The number of ether oxygens (including phenoxy) is 1. The third-order valence-electron chi connectivity index (χ3n) is 4.75. The van der Waals surface area contributed by atoms with Crippen molar-refractivity contribution < 1.29 is 9.53 Å². The highest BCUT2D eigenvalue weighted by Crippen LogP contribution is 2.40. The van der Waals surface area contributed by atoms with Crippen LogP contribution in [-0.2, 0) is 12.8 Å². The van der Waals surface area contributed by atoms with E-state index in [4.69, 9.17) is 4.74 Å². The van der Waals surface area contributed by atoms with Crippen LogP contribution in [0.1, 0.15) is 52.5 Å². The Kier molecular flexibility index (Phi) is 5.40. The van der Waals surface area contributed by atoms with Crippen LogP contribution in [0.4, 0.5) is 5.00 Å². The second-order valence-corrected chi connectivity index (χ2v) is 7.48. The molecule has 0 bridgehead atoms. The van der Waals surface area contributed by atoms with Crippen LogP contribution in [0.2, 0.25) is 0 Å². The zero-order valence-electron chi connectivity index (χ0n) is 14.6. The second-order valence-electron chi connectivity index (χ2n) is 6.37. The van der Waals surface area contributed by atoms with Gasteiger partial charge >= 0.3 is 0 Å². The zero-order valence-corrected chi connectivity index (χ0v) is 15.4. The molecule has 0 aliphatic heterocycles. The lowest BCUT2D eigenvalue weighted by Gasteiger charge is -2.21. The first-order valence-corrected chi connectivity index (χ1v) is 9.48. The molecule has 0 saturated heterocycles. The zero-order chi connectivity index (χ0) is 17.8. The lowest BCUT2D eigenvalue weighted by atomic mass is 9.85. The molecule has 1 aromatic carbocycles. The largest absolute Gasteiger partial charge is 0.496 e. The molecule has 0 spiro atoms. The SMILES string of the molecule is CCC[C@H]1CCc2c(sc(NC(=O)c3ccccc3OC)c2C#N)C1. The summed E-state index contributed by atoms with van der Waals surface area (Å²) in [5.74, 6) is 0.987. The smallest absolute Gasteiger partial charge is 0.260 e. The quantitative estimate of drug-likeness (QED) is 0.840. The van der Waals surface area contributed by atoms with E-state index in [-0.39, 0.29) is 5.91 Å². The lowest BCUT2D eigenvalue weighted by molar-refractivity contribution is 0.102. The summed E-state index contributed by atoms with van der Waals surface area (Å²) in [6.45, 7) is 2.21. The number of fused-ring (bicyclic) bond motifs is 1. The molecule has 0 saturated carbocycles. The fourth-order valence-corrected chi connectivity index (χ4v) is 4.83. The predicted octanol–water partition coefficient (Wildman–Crippen LogP) is 4.79. The Bertz CT molecular complexity index is 820. The van der Waals surface area contributed by atoms with Crippen molar-refractivity contribution in [1.82, 2.24) is 0 Å². The summed E-state index contributed by atoms with van der Waals surface area (Å²) in [6.07, 6.45) is 5.50. The number of anilines is 1. The summed E-state index contributed by atoms with van der Waals surface area (Å²) in [7, 11) is 1.55. The normalized spacial score (nSPS) is 16.0. The van der Waals surface area contributed by atoms with E-state index >= 15 is 0 Å². The van der Waals surface area contributed by atoms with E-state index in [1.807, 2.05) is 6.07 Å². The van der Waals surface area contributed by atoms with Crippen LogP contribution in [0.15, 0.2) is 24.3 Å². The van der Waals surface area contributed by atoms with Crippen LogP contribution in [-0.4, -0.2) is 13.0 Å². The minimum atomic E-state index is -0.238. The fraction of sp³-hybridized carbons (Fsp3) is 0.400. The van der Waals surface area contributed by atoms with Crippen molar-refractivity contribution >= 4 is 22.2 Å². The molecule has 1 aliphatic rings. The van der Waals surface area contributed by atoms with Crippen molar-refractivity contribution in [2.24, 2.45) is 5.92 Å². The number of rotatable bonds is 5. The van der Waals surface area contributed by atoms with E-state index in [9.17, 15) is 10.1 Å². The van der Waals surface area contributed by atoms with E-state index < -0.39 is 0 Å². The molecule has 1 aromatic heterocycles. The van der Waals surface area contributed by atoms with Gasteiger partial charge in [0, 0.05) is 4.88 Å². The van der Waals surface area contributed by atoms with Gasteiger partial charge in [-0.25, -0.2) is 0 Å². The van der Waals surface area contributed by atoms with Gasteiger partial charge in [-0.1, -0.05) is 31.9 Å². The summed E-state index contributed by atoms with van der Waals surface area (Å²) in [5, 5.41) is 13.2. The second kappa shape index (κ2) is 7.71. The number of nitrogens with zero attached hydrogens (tertiary/aromatic N) is 1. The number of benzene rings is 1. The van der Waals surface area contributed by atoms with E-state index in [0.29, 0.717) is 27.8 Å². The third-order valence-corrected chi connectivity index (χ3v) is 5.92. The molecule has 5 heteroatoms. The van der Waals surface area contributed by atoms with Gasteiger partial charge < -0.3 is 10.1 Å². The minimum absolute atomic E-state index is 0.238. The fourth-order valence-electron chi connectivity index (χ4n) is 3.52. The van der Waals surface area contributed by atoms with Crippen molar-refractivity contribution in [3.05, 3.63) is 45.8 Å². The highest BCUT2D eigenvalue weighted by Gasteiger charge is 2.26. The Morgan fingerprint density at radius 1 is 1.44 bits per heavy atom. The van der Waals surface area contributed by atoms with Gasteiger partial charge in [0.15, 0.2) is 0 Å². The van der Waals surface area contributed by atoms with Crippen LogP contribution in [0, 0.1) is 17.2 Å². The minimum Gasteiger partial charge on any atom is -0.496 e. The maximum atomic E-state index is 12.6. The van der Waals surface area contributed by atoms with Gasteiger partial charge in [-0.15, -0.1) is 11.3 Å². The van der Waals surface area contributed by atoms with Gasteiger partial charge in [-0.05, 0) is 42.9 Å². The van der Waals surface area contributed by atoms with Crippen LogP contribution in [0.3, 0.4) is 0 Å². The number of amides is 1. The van der Waals surface area contributed by atoms with Crippen molar-refractivity contribution in [2.75, 3.05) is 12.4 Å². The van der Waals surface area contributed by atoms with Crippen LogP contribution in [0.25, 0.3) is 0 Å². The number of para-hydroxylation sites is 1. The standard InChI is InChI=1S/C20H22N2O2S/c1-3-6-13-9-10-14-16(12-21)20(25-18(14)11-13)22-19(23)15-7-4-5-8-17(15)24-2/h4-5,7-8,13H,3,6,9-11H2,1-2H3,(H,22,23)/t13-/m0/s1. The molecule has 1 heterocycles. The van der Waals surface area contributed by atoms with Crippen LogP contribution < -0.4 is 10.1 Å². The molecule has 0 radical (unpaired) electrons. The lowest BCUT2D eigenvalue weighted by Crippen LogP contribution is -2.13. The number of hydrogen-bond acceptors (Lipinski definition) is 4. The number of nitriles is 1. The first-order valence-electron chi connectivity index (χ1n) is 8.66. The molecular formula is C20H22N2O2S. The average molecular weight is 354 g/mol. The van der Waals surface area contributed by atoms with Crippen molar-refractivity contribution in [3.8, 4) is 11.8 Å². The number of methoxy groups -OCH3 is 1. The Hall–Kier alpha value is -2.32. The summed E-state index contributed by atoms with van der Waals surface area (Å²) in [6, 6.07) is 9.42. The average Bonchev–Trinajstić information content (AvgIpc) is 2.98. The molecule has 4 nitrogen and oxygen atoms in total. The molecule has 0 unspecified atom stereocenters. The highest BCUT2D eigenvalue weighted by molar-refractivity contribution is 7.16. The maximum absolute atomic E-state index is 12.6. The molecule has 3 rings (SSSR count). The Balaban J connectivity index is 1.86. The van der Waals surface area contributed by atoms with Crippen LogP contribution in [0.5, 0.6) is 5.75 Å². The summed E-state index contributed by atoms with van der Waals surface area (Å²) in [4.78, 5) is 13.9. The van der Waals surface area contributed by atoms with Gasteiger partial charge in [0.05, 0.1) is 18.2 Å². The van der Waals surface area contributed by atoms with Crippen molar-refractivity contribution in [1.29, 1.82) is 5.26 Å². The Labute approximate surface area is 152 Å². The van der Waals surface area contributed by atoms with Gasteiger partial charge in [-0.2, -0.15) is 5.26 Å². The molecule has 0 fully saturated rings. The number of thiophene rings is 1. The van der Waals surface area contributed by atoms with Gasteiger partial charge in [0.1, 0.15) is 16.8 Å². The van der Waals surface area contributed by atoms with E-state index in [0.717, 1.165) is 24.8 Å². The van der Waals surface area contributed by atoms with Crippen LogP contribution >= 0.6 is 11.3 Å².